The molecule has 0 fully saturated rings. The molecule has 5 heteroatoms. The monoisotopic (exact) mass is 403 g/mol. The number of hydrogen-bond donors (Lipinski definition) is 0. The van der Waals surface area contributed by atoms with Gasteiger partial charge in [0.1, 0.15) is 6.61 Å². The largest absolute Gasteiger partial charge is 0.448 e. The molecular weight excluding hydrogens is 386 g/mol. The minimum atomic E-state index is -0.456. The van der Waals surface area contributed by atoms with Crippen LogP contribution < -0.4 is 4.90 Å². The van der Waals surface area contributed by atoms with Crippen LogP contribution in [0.3, 0.4) is 0 Å². The molecule has 144 valence electrons. The Morgan fingerprint density at radius 2 is 1.62 bits per heavy atom. The van der Waals surface area contributed by atoms with Crippen LogP contribution in [0.25, 0.3) is 11.1 Å². The molecule has 0 saturated heterocycles. The van der Waals surface area contributed by atoms with E-state index < -0.39 is 6.09 Å². The van der Waals surface area contributed by atoms with Gasteiger partial charge in [-0.15, -0.1) is 0 Å². The van der Waals surface area contributed by atoms with Gasteiger partial charge < -0.3 is 4.74 Å². The number of halogens is 1. The molecule has 1 heterocycles. The number of hydrogen-bond acceptors (Lipinski definition) is 3. The van der Waals surface area contributed by atoms with Crippen LogP contribution in [0, 0.1) is 0 Å². The molecule has 3 aromatic carbocycles. The van der Waals surface area contributed by atoms with E-state index in [1.165, 1.54) is 27.2 Å². The summed E-state index contributed by atoms with van der Waals surface area (Å²) in [6.07, 6.45) is -0.179. The standard InChI is InChI=1S/C24H18ClNO3/c25-15-9-10-20-22(13-15)26(12-11-23(20)27)24(28)29-14-21-18-7-3-1-5-16(18)17-6-2-4-8-19(17)21/h1-10,13,21H,11-12,14H2. The second-order valence-electron chi connectivity index (χ2n) is 7.29. The molecule has 0 saturated carbocycles. The summed E-state index contributed by atoms with van der Waals surface area (Å²) in [5.74, 6) is 0.0102. The van der Waals surface area contributed by atoms with Gasteiger partial charge in [-0.3, -0.25) is 9.69 Å². The molecule has 0 radical (unpaired) electrons. The third kappa shape index (κ3) is 3.00. The van der Waals surface area contributed by atoms with E-state index in [4.69, 9.17) is 16.3 Å². The Balaban J connectivity index is 1.40. The van der Waals surface area contributed by atoms with E-state index in [1.54, 1.807) is 18.2 Å². The van der Waals surface area contributed by atoms with Crippen LogP contribution >= 0.6 is 11.6 Å². The molecule has 0 spiro atoms. The molecule has 1 aliphatic carbocycles. The van der Waals surface area contributed by atoms with E-state index in [2.05, 4.69) is 24.3 Å². The van der Waals surface area contributed by atoms with Gasteiger partial charge in [-0.05, 0) is 40.5 Å². The predicted molar refractivity (Wildman–Crippen MR) is 113 cm³/mol. The van der Waals surface area contributed by atoms with Crippen LogP contribution in [0.4, 0.5) is 10.5 Å². The number of benzene rings is 3. The molecule has 0 aromatic heterocycles. The van der Waals surface area contributed by atoms with E-state index in [9.17, 15) is 9.59 Å². The fourth-order valence-corrected chi connectivity index (χ4v) is 4.46. The zero-order valence-corrected chi connectivity index (χ0v) is 16.4. The highest BCUT2D eigenvalue weighted by Gasteiger charge is 2.32. The van der Waals surface area contributed by atoms with Gasteiger partial charge in [0.15, 0.2) is 5.78 Å². The van der Waals surface area contributed by atoms with Crippen molar-refractivity contribution in [3.8, 4) is 11.1 Å². The Bertz CT molecular complexity index is 1090. The Labute approximate surface area is 173 Å². The molecule has 0 unspecified atom stereocenters. The van der Waals surface area contributed by atoms with Crippen LogP contribution in [0.5, 0.6) is 0 Å². The van der Waals surface area contributed by atoms with Crippen LogP contribution in [0.15, 0.2) is 66.7 Å². The minimum absolute atomic E-state index is 0.00314. The number of ether oxygens (including phenoxy) is 1. The molecule has 2 aliphatic rings. The lowest BCUT2D eigenvalue weighted by Gasteiger charge is -2.28. The number of carbonyl (C=O) groups is 2. The lowest BCUT2D eigenvalue weighted by atomic mass is 9.98. The highest BCUT2D eigenvalue weighted by Crippen LogP contribution is 2.44. The van der Waals surface area contributed by atoms with E-state index in [1.807, 2.05) is 24.3 Å². The molecule has 3 aromatic rings. The Morgan fingerprint density at radius 3 is 2.31 bits per heavy atom. The third-order valence-corrected chi connectivity index (χ3v) is 5.90. The van der Waals surface area contributed by atoms with Crippen molar-refractivity contribution < 1.29 is 14.3 Å². The maximum Gasteiger partial charge on any atom is 0.414 e. The SMILES string of the molecule is O=C1CCN(C(=O)OCC2c3ccccc3-c3ccccc32)c2cc(Cl)ccc21. The Hall–Kier alpha value is -3.11. The van der Waals surface area contributed by atoms with Crippen molar-refractivity contribution in [3.05, 3.63) is 88.4 Å². The number of amides is 1. The fraction of sp³-hybridized carbons (Fsp3) is 0.167. The van der Waals surface area contributed by atoms with Gasteiger partial charge >= 0.3 is 6.09 Å². The maximum absolute atomic E-state index is 12.9. The summed E-state index contributed by atoms with van der Waals surface area (Å²) in [6, 6.07) is 21.4. The summed E-state index contributed by atoms with van der Waals surface area (Å²) < 4.78 is 5.74. The van der Waals surface area contributed by atoms with Crippen molar-refractivity contribution in [1.82, 2.24) is 0 Å². The second-order valence-corrected chi connectivity index (χ2v) is 7.73. The van der Waals surface area contributed by atoms with Gasteiger partial charge in [-0.1, -0.05) is 60.1 Å². The average molecular weight is 404 g/mol. The summed E-state index contributed by atoms with van der Waals surface area (Å²) in [7, 11) is 0. The Kier molecular flexibility index (Phi) is 4.36. The number of ketones is 1. The molecule has 4 nitrogen and oxygen atoms in total. The number of nitrogens with zero attached hydrogens (tertiary/aromatic N) is 1. The van der Waals surface area contributed by atoms with Crippen molar-refractivity contribution in [1.29, 1.82) is 0 Å². The first-order valence-corrected chi connectivity index (χ1v) is 9.96. The minimum Gasteiger partial charge on any atom is -0.448 e. The van der Waals surface area contributed by atoms with Crippen molar-refractivity contribution in [2.45, 2.75) is 12.3 Å². The smallest absolute Gasteiger partial charge is 0.414 e. The predicted octanol–water partition coefficient (Wildman–Crippen LogP) is 5.68. The lowest BCUT2D eigenvalue weighted by Crippen LogP contribution is -2.38. The molecule has 1 aliphatic heterocycles. The zero-order valence-electron chi connectivity index (χ0n) is 15.6. The number of anilines is 1. The molecule has 5 rings (SSSR count). The van der Waals surface area contributed by atoms with Crippen LogP contribution in [-0.2, 0) is 4.74 Å². The molecular formula is C24H18ClNO3. The number of Topliss-reactive ketones (excluding diaryl/α,β-unsaturated/α-hetero) is 1. The van der Waals surface area contributed by atoms with Crippen molar-refractivity contribution in [2.24, 2.45) is 0 Å². The fourth-order valence-electron chi connectivity index (χ4n) is 4.29. The maximum atomic E-state index is 12.9. The summed E-state index contributed by atoms with van der Waals surface area (Å²) in [5, 5.41) is 0.481. The van der Waals surface area contributed by atoms with E-state index >= 15 is 0 Å². The zero-order chi connectivity index (χ0) is 20.0. The quantitative estimate of drug-likeness (QED) is 0.552. The van der Waals surface area contributed by atoms with E-state index in [0.717, 1.165) is 0 Å². The van der Waals surface area contributed by atoms with Gasteiger partial charge in [0.05, 0.1) is 5.69 Å². The van der Waals surface area contributed by atoms with Gasteiger partial charge in [0, 0.05) is 29.5 Å². The normalized spacial score (nSPS) is 14.9. The highest BCUT2D eigenvalue weighted by molar-refractivity contribution is 6.31. The first-order chi connectivity index (χ1) is 14.1. The van der Waals surface area contributed by atoms with Crippen LogP contribution in [0.2, 0.25) is 5.02 Å². The topological polar surface area (TPSA) is 46.6 Å². The molecule has 29 heavy (non-hydrogen) atoms. The van der Waals surface area contributed by atoms with Gasteiger partial charge in [-0.25, -0.2) is 4.79 Å². The second kappa shape index (κ2) is 7.05. The third-order valence-electron chi connectivity index (χ3n) is 5.67. The van der Waals surface area contributed by atoms with Crippen molar-refractivity contribution in [2.75, 3.05) is 18.1 Å². The van der Waals surface area contributed by atoms with Crippen LogP contribution in [0.1, 0.15) is 33.8 Å². The first-order valence-electron chi connectivity index (χ1n) is 9.59. The summed E-state index contributed by atoms with van der Waals surface area (Å²) in [6.45, 7) is 0.538. The molecule has 0 N–H and O–H groups in total. The number of carbonyl (C=O) groups excluding carboxylic acids is 2. The molecule has 0 bridgehead atoms. The van der Waals surface area contributed by atoms with E-state index in [0.29, 0.717) is 22.8 Å². The molecule has 0 atom stereocenters. The summed E-state index contributed by atoms with van der Waals surface area (Å²) in [4.78, 5) is 26.6. The van der Waals surface area contributed by atoms with E-state index in [-0.39, 0.29) is 24.7 Å². The van der Waals surface area contributed by atoms with Crippen LogP contribution in [-0.4, -0.2) is 25.0 Å². The Morgan fingerprint density at radius 1 is 0.966 bits per heavy atom. The average Bonchev–Trinajstić information content (AvgIpc) is 3.06. The van der Waals surface area contributed by atoms with Gasteiger partial charge in [0.2, 0.25) is 0 Å². The first kappa shape index (κ1) is 18.0. The van der Waals surface area contributed by atoms with Crippen molar-refractivity contribution >= 4 is 29.2 Å². The summed E-state index contributed by atoms with van der Waals surface area (Å²) >= 11 is 6.10. The lowest BCUT2D eigenvalue weighted by molar-refractivity contribution is 0.0978. The molecule has 1 amide bonds. The van der Waals surface area contributed by atoms with Crippen molar-refractivity contribution in [3.63, 3.8) is 0 Å². The number of fused-ring (bicyclic) bond motifs is 4. The number of rotatable bonds is 2. The van der Waals surface area contributed by atoms with Gasteiger partial charge in [0.25, 0.3) is 0 Å². The van der Waals surface area contributed by atoms with Gasteiger partial charge in [-0.2, -0.15) is 0 Å². The summed E-state index contributed by atoms with van der Waals surface area (Å²) in [5.41, 5.74) is 5.73. The highest BCUT2D eigenvalue weighted by atomic mass is 35.5.